The molecular weight excluding hydrogens is 408 g/mol. The normalized spacial score (nSPS) is 34.3. The first-order valence-corrected chi connectivity index (χ1v) is 12.7. The van der Waals surface area contributed by atoms with Gasteiger partial charge in [-0.1, -0.05) is 12.8 Å². The summed E-state index contributed by atoms with van der Waals surface area (Å²) in [5.74, 6) is -1.18. The van der Waals surface area contributed by atoms with E-state index in [2.05, 4.69) is 0 Å². The van der Waals surface area contributed by atoms with Gasteiger partial charge in [0, 0.05) is 25.7 Å². The van der Waals surface area contributed by atoms with Crippen LogP contribution in [0.4, 0.5) is 0 Å². The van der Waals surface area contributed by atoms with Gasteiger partial charge < -0.3 is 24.1 Å². The molecule has 0 aromatic rings. The maximum atomic E-state index is 12.8. The summed E-state index contributed by atoms with van der Waals surface area (Å²) < 4.78 is 42.9. The largest absolute Gasteiger partial charge is 0.387 e. The summed E-state index contributed by atoms with van der Waals surface area (Å²) in [4.78, 5) is 0. The highest BCUT2D eigenvalue weighted by Gasteiger charge is 2.52. The molecule has 4 rings (SSSR count). The fraction of sp³-hybridized carbons (Fsp3) is 1.00. The molecule has 30 heavy (non-hydrogen) atoms. The van der Waals surface area contributed by atoms with E-state index in [0.717, 1.165) is 51.4 Å². The van der Waals surface area contributed by atoms with Crippen molar-refractivity contribution < 1.29 is 32.4 Å². The van der Waals surface area contributed by atoms with Crippen molar-refractivity contribution in [2.75, 3.05) is 13.2 Å². The number of hydrogen-bond donors (Lipinski definition) is 1. The lowest BCUT2D eigenvalue weighted by Crippen LogP contribution is -2.50. The van der Waals surface area contributed by atoms with Gasteiger partial charge >= 0.3 is 0 Å². The van der Waals surface area contributed by atoms with Crippen LogP contribution in [0.3, 0.4) is 0 Å². The maximum Gasteiger partial charge on any atom is 0.169 e. The van der Waals surface area contributed by atoms with E-state index in [1.165, 1.54) is 12.8 Å². The van der Waals surface area contributed by atoms with Crippen molar-refractivity contribution in [1.82, 2.24) is 0 Å². The molecule has 2 aliphatic heterocycles. The standard InChI is InChI=1S/C22H38O7S/c1-20(2,3)30(24)29-19(17-15-26-22(28-17)12-8-5-9-13-22)18(23)16-14-25-21(27-16)10-6-4-7-11-21/h16-19,23H,4-15H2,1-3H3/t16-,17-,18-,19-,30?/m1/s1. The minimum absolute atomic E-state index is 0.307. The minimum atomic E-state index is -1.61. The summed E-state index contributed by atoms with van der Waals surface area (Å²) in [5, 5.41) is 11.3. The molecule has 2 heterocycles. The molecule has 2 saturated heterocycles. The average molecular weight is 447 g/mol. The van der Waals surface area contributed by atoms with Crippen LogP contribution in [0.2, 0.25) is 0 Å². The van der Waals surface area contributed by atoms with Crippen LogP contribution in [-0.4, -0.2) is 63.3 Å². The van der Waals surface area contributed by atoms with Gasteiger partial charge in [0.15, 0.2) is 22.7 Å². The molecule has 0 bridgehead atoms. The van der Waals surface area contributed by atoms with Crippen molar-refractivity contribution in [2.24, 2.45) is 0 Å². The number of rotatable bonds is 5. The lowest BCUT2D eigenvalue weighted by molar-refractivity contribution is -0.214. The molecule has 0 aromatic heterocycles. The van der Waals surface area contributed by atoms with Crippen LogP contribution >= 0.6 is 0 Å². The Kier molecular flexibility index (Phi) is 6.96. The first-order chi connectivity index (χ1) is 14.2. The maximum absolute atomic E-state index is 12.8. The second-order valence-electron chi connectivity index (χ2n) is 10.3. The Labute approximate surface area is 182 Å². The Morgan fingerprint density at radius 2 is 1.33 bits per heavy atom. The number of aliphatic hydroxyl groups excluding tert-OH is 1. The highest BCUT2D eigenvalue weighted by atomic mass is 32.2. The van der Waals surface area contributed by atoms with Crippen molar-refractivity contribution >= 4 is 11.1 Å². The van der Waals surface area contributed by atoms with Gasteiger partial charge in [0.2, 0.25) is 0 Å². The molecule has 2 spiro atoms. The number of ether oxygens (including phenoxy) is 4. The Bertz CT molecular complexity index is 607. The topological polar surface area (TPSA) is 83.5 Å². The van der Waals surface area contributed by atoms with Gasteiger partial charge in [-0.15, -0.1) is 0 Å². The molecule has 8 heteroatoms. The van der Waals surface area contributed by atoms with E-state index < -0.39 is 51.8 Å². The fourth-order valence-electron chi connectivity index (χ4n) is 4.99. The Morgan fingerprint density at radius 1 is 0.867 bits per heavy atom. The monoisotopic (exact) mass is 446 g/mol. The Morgan fingerprint density at radius 3 is 1.83 bits per heavy atom. The number of aliphatic hydroxyl groups is 1. The van der Waals surface area contributed by atoms with Gasteiger partial charge in [0.25, 0.3) is 0 Å². The molecule has 2 saturated carbocycles. The van der Waals surface area contributed by atoms with Crippen molar-refractivity contribution in [3.05, 3.63) is 0 Å². The van der Waals surface area contributed by atoms with Crippen LogP contribution in [-0.2, 0) is 34.2 Å². The van der Waals surface area contributed by atoms with E-state index in [4.69, 9.17) is 23.1 Å². The first kappa shape index (κ1) is 23.1. The molecule has 4 fully saturated rings. The molecule has 5 atom stereocenters. The van der Waals surface area contributed by atoms with Crippen LogP contribution in [0, 0.1) is 0 Å². The van der Waals surface area contributed by atoms with Crippen molar-refractivity contribution in [3.8, 4) is 0 Å². The molecule has 0 radical (unpaired) electrons. The zero-order valence-electron chi connectivity index (χ0n) is 18.6. The van der Waals surface area contributed by atoms with Crippen molar-refractivity contribution in [2.45, 2.75) is 126 Å². The van der Waals surface area contributed by atoms with Gasteiger partial charge in [-0.2, -0.15) is 0 Å². The van der Waals surface area contributed by atoms with Crippen LogP contribution in [0.25, 0.3) is 0 Å². The van der Waals surface area contributed by atoms with Crippen molar-refractivity contribution in [3.63, 3.8) is 0 Å². The zero-order chi connectivity index (χ0) is 21.4. The van der Waals surface area contributed by atoms with Crippen molar-refractivity contribution in [1.29, 1.82) is 0 Å². The molecule has 174 valence electrons. The van der Waals surface area contributed by atoms with Crippen LogP contribution in [0.1, 0.15) is 85.0 Å². The van der Waals surface area contributed by atoms with E-state index >= 15 is 0 Å². The molecule has 1 unspecified atom stereocenters. The second kappa shape index (κ2) is 9.04. The third-order valence-electron chi connectivity index (χ3n) is 6.77. The number of hydrogen-bond acceptors (Lipinski definition) is 7. The fourth-order valence-corrected chi connectivity index (χ4v) is 5.72. The molecule has 4 aliphatic rings. The first-order valence-electron chi connectivity index (χ1n) is 11.6. The van der Waals surface area contributed by atoms with E-state index in [0.29, 0.717) is 13.2 Å². The molecule has 0 aromatic carbocycles. The molecule has 1 N–H and O–H groups in total. The molecule has 7 nitrogen and oxygen atoms in total. The molecular formula is C22H38O7S. The lowest BCUT2D eigenvalue weighted by Gasteiger charge is -2.36. The van der Waals surface area contributed by atoms with Gasteiger partial charge in [-0.05, 0) is 46.5 Å². The van der Waals surface area contributed by atoms with Gasteiger partial charge in [0.1, 0.15) is 24.4 Å². The smallest absolute Gasteiger partial charge is 0.169 e. The van der Waals surface area contributed by atoms with Crippen LogP contribution in [0.5, 0.6) is 0 Å². The second-order valence-corrected chi connectivity index (χ2v) is 12.2. The lowest BCUT2D eigenvalue weighted by atomic mass is 9.94. The molecule has 2 aliphatic carbocycles. The van der Waals surface area contributed by atoms with Gasteiger partial charge in [-0.3, -0.25) is 4.18 Å². The summed E-state index contributed by atoms with van der Waals surface area (Å²) in [6.07, 6.45) is 7.20. The molecule has 0 amide bonds. The van der Waals surface area contributed by atoms with E-state index in [1.807, 2.05) is 20.8 Å². The van der Waals surface area contributed by atoms with Gasteiger partial charge in [-0.25, -0.2) is 4.21 Å². The Balaban J connectivity index is 1.48. The summed E-state index contributed by atoms with van der Waals surface area (Å²) in [6.45, 7) is 6.19. The Hall–Kier alpha value is -0.0900. The highest BCUT2D eigenvalue weighted by Crippen LogP contribution is 2.42. The zero-order valence-corrected chi connectivity index (χ0v) is 19.4. The van der Waals surface area contributed by atoms with E-state index in [1.54, 1.807) is 0 Å². The SMILES string of the molecule is CC(C)(C)S(=O)O[C@@H]([C@H](O)[C@H]1COC2(CCCCC2)O1)[C@H]1COC2(CCCCC2)O1. The summed E-state index contributed by atoms with van der Waals surface area (Å²) in [7, 11) is 0. The third-order valence-corrected chi connectivity index (χ3v) is 8.16. The summed E-state index contributed by atoms with van der Waals surface area (Å²) in [6, 6.07) is 0. The predicted molar refractivity (Wildman–Crippen MR) is 112 cm³/mol. The minimum Gasteiger partial charge on any atom is -0.387 e. The summed E-state index contributed by atoms with van der Waals surface area (Å²) in [5.41, 5.74) is 0. The van der Waals surface area contributed by atoms with E-state index in [9.17, 15) is 9.32 Å². The van der Waals surface area contributed by atoms with E-state index in [-0.39, 0.29) is 0 Å². The van der Waals surface area contributed by atoms with Crippen LogP contribution < -0.4 is 0 Å². The quantitative estimate of drug-likeness (QED) is 0.693. The highest BCUT2D eigenvalue weighted by molar-refractivity contribution is 7.81. The summed E-state index contributed by atoms with van der Waals surface area (Å²) >= 11 is -1.61. The van der Waals surface area contributed by atoms with Gasteiger partial charge in [0.05, 0.1) is 18.0 Å². The average Bonchev–Trinajstić information content (AvgIpc) is 3.31. The predicted octanol–water partition coefficient (Wildman–Crippen LogP) is 3.35. The van der Waals surface area contributed by atoms with Crippen LogP contribution in [0.15, 0.2) is 0 Å². The third kappa shape index (κ3) is 4.95.